The van der Waals surface area contributed by atoms with Crippen LogP contribution in [0.5, 0.6) is 0 Å². The standard InChI is InChI=1S/C18H18ClN3O2/c1-11-13-7-4-8-14(19)17(13)24-16(11)18(23)21-15-9-10-20-22(15)12-5-2-3-6-12/h4,7-10,12H,2-3,5-6H2,1H3,(H,21,23). The Morgan fingerprint density at radius 1 is 1.33 bits per heavy atom. The second-order valence-corrected chi connectivity index (χ2v) is 6.63. The van der Waals surface area contributed by atoms with E-state index in [1.807, 2.05) is 29.8 Å². The van der Waals surface area contributed by atoms with Gasteiger partial charge in [0, 0.05) is 17.0 Å². The molecular formula is C18H18ClN3O2. The highest BCUT2D eigenvalue weighted by Crippen LogP contribution is 2.33. The van der Waals surface area contributed by atoms with Crippen molar-refractivity contribution in [1.29, 1.82) is 0 Å². The highest BCUT2D eigenvalue weighted by atomic mass is 35.5. The number of furan rings is 1. The van der Waals surface area contributed by atoms with Crippen LogP contribution in [0.2, 0.25) is 5.02 Å². The first kappa shape index (κ1) is 15.3. The van der Waals surface area contributed by atoms with E-state index in [1.54, 1.807) is 12.3 Å². The molecule has 0 atom stereocenters. The zero-order valence-electron chi connectivity index (χ0n) is 13.4. The van der Waals surface area contributed by atoms with Gasteiger partial charge in [-0.2, -0.15) is 5.10 Å². The third-order valence-electron chi connectivity index (χ3n) is 4.70. The summed E-state index contributed by atoms with van der Waals surface area (Å²) in [5, 5.41) is 8.67. The van der Waals surface area contributed by atoms with Gasteiger partial charge >= 0.3 is 0 Å². The SMILES string of the molecule is Cc1c(C(=O)Nc2ccnn2C2CCCC2)oc2c(Cl)cccc12. The van der Waals surface area contributed by atoms with E-state index in [1.165, 1.54) is 12.8 Å². The molecule has 1 aliphatic rings. The van der Waals surface area contributed by atoms with Crippen LogP contribution >= 0.6 is 11.6 Å². The van der Waals surface area contributed by atoms with E-state index in [9.17, 15) is 4.79 Å². The molecule has 124 valence electrons. The Labute approximate surface area is 144 Å². The predicted octanol–water partition coefficient (Wildman–Crippen LogP) is 4.96. The van der Waals surface area contributed by atoms with Crippen LogP contribution in [0.15, 0.2) is 34.9 Å². The molecule has 5 nitrogen and oxygen atoms in total. The Morgan fingerprint density at radius 3 is 2.88 bits per heavy atom. The van der Waals surface area contributed by atoms with Crippen molar-refractivity contribution in [2.45, 2.75) is 38.6 Å². The van der Waals surface area contributed by atoms with Crippen LogP contribution in [0.25, 0.3) is 11.0 Å². The molecule has 1 aliphatic carbocycles. The Hall–Kier alpha value is -2.27. The molecule has 0 aliphatic heterocycles. The van der Waals surface area contributed by atoms with Crippen molar-refractivity contribution in [1.82, 2.24) is 9.78 Å². The fourth-order valence-corrected chi connectivity index (χ4v) is 3.66. The number of aryl methyl sites for hydroxylation is 1. The first-order valence-electron chi connectivity index (χ1n) is 8.17. The van der Waals surface area contributed by atoms with Gasteiger partial charge in [-0.3, -0.25) is 4.79 Å². The minimum atomic E-state index is -0.278. The van der Waals surface area contributed by atoms with Crippen LogP contribution in [-0.2, 0) is 0 Å². The van der Waals surface area contributed by atoms with Crippen molar-refractivity contribution >= 4 is 34.3 Å². The number of nitrogens with zero attached hydrogens (tertiary/aromatic N) is 2. The third-order valence-corrected chi connectivity index (χ3v) is 5.00. The lowest BCUT2D eigenvalue weighted by atomic mass is 10.1. The lowest BCUT2D eigenvalue weighted by molar-refractivity contribution is 0.0996. The van der Waals surface area contributed by atoms with Crippen LogP contribution in [0.4, 0.5) is 5.82 Å². The Morgan fingerprint density at radius 2 is 2.12 bits per heavy atom. The fourth-order valence-electron chi connectivity index (χ4n) is 3.45. The summed E-state index contributed by atoms with van der Waals surface area (Å²) < 4.78 is 7.64. The zero-order chi connectivity index (χ0) is 16.7. The summed E-state index contributed by atoms with van der Waals surface area (Å²) in [7, 11) is 0. The van der Waals surface area contributed by atoms with Gasteiger partial charge < -0.3 is 9.73 Å². The van der Waals surface area contributed by atoms with Gasteiger partial charge in [0.25, 0.3) is 5.91 Å². The highest BCUT2D eigenvalue weighted by Gasteiger charge is 2.23. The van der Waals surface area contributed by atoms with Crippen molar-refractivity contribution in [3.8, 4) is 0 Å². The van der Waals surface area contributed by atoms with Crippen molar-refractivity contribution in [2.75, 3.05) is 5.32 Å². The van der Waals surface area contributed by atoms with E-state index in [0.29, 0.717) is 22.5 Å². The normalized spacial score (nSPS) is 15.2. The number of aromatic nitrogens is 2. The number of benzene rings is 1. The molecule has 3 aromatic rings. The van der Waals surface area contributed by atoms with Crippen molar-refractivity contribution < 1.29 is 9.21 Å². The summed E-state index contributed by atoms with van der Waals surface area (Å²) in [6, 6.07) is 7.69. The molecule has 1 amide bonds. The maximum atomic E-state index is 12.7. The van der Waals surface area contributed by atoms with Crippen molar-refractivity contribution in [2.24, 2.45) is 0 Å². The number of amides is 1. The number of rotatable bonds is 3. The summed E-state index contributed by atoms with van der Waals surface area (Å²) in [5.74, 6) is 0.717. The molecular weight excluding hydrogens is 326 g/mol. The lowest BCUT2D eigenvalue weighted by Gasteiger charge is -2.14. The molecule has 2 aromatic heterocycles. The quantitative estimate of drug-likeness (QED) is 0.731. The Kier molecular flexibility index (Phi) is 3.81. The number of anilines is 1. The van der Waals surface area contributed by atoms with Gasteiger partial charge in [-0.05, 0) is 25.8 Å². The third kappa shape index (κ3) is 2.49. The Bertz CT molecular complexity index is 906. The van der Waals surface area contributed by atoms with Gasteiger partial charge in [-0.15, -0.1) is 0 Å². The molecule has 4 rings (SSSR count). The van der Waals surface area contributed by atoms with Crippen LogP contribution < -0.4 is 5.32 Å². The number of fused-ring (bicyclic) bond motifs is 1. The van der Waals surface area contributed by atoms with Crippen LogP contribution in [0, 0.1) is 6.92 Å². The first-order chi connectivity index (χ1) is 11.6. The molecule has 0 saturated heterocycles. The first-order valence-corrected chi connectivity index (χ1v) is 8.55. The van der Waals surface area contributed by atoms with Crippen LogP contribution in [0.1, 0.15) is 47.8 Å². The van der Waals surface area contributed by atoms with E-state index in [4.69, 9.17) is 16.0 Å². The van der Waals surface area contributed by atoms with E-state index >= 15 is 0 Å². The number of carbonyl (C=O) groups excluding carboxylic acids is 1. The summed E-state index contributed by atoms with van der Waals surface area (Å²) in [6.45, 7) is 1.87. The summed E-state index contributed by atoms with van der Waals surface area (Å²) >= 11 is 6.16. The minimum absolute atomic E-state index is 0.278. The largest absolute Gasteiger partial charge is 0.449 e. The highest BCUT2D eigenvalue weighted by molar-refractivity contribution is 6.35. The second-order valence-electron chi connectivity index (χ2n) is 6.23. The average Bonchev–Trinajstić information content (AvgIpc) is 3.28. The number of halogens is 1. The van der Waals surface area contributed by atoms with Crippen LogP contribution in [0.3, 0.4) is 0 Å². The molecule has 1 fully saturated rings. The maximum Gasteiger partial charge on any atom is 0.292 e. The molecule has 1 aromatic carbocycles. The topological polar surface area (TPSA) is 60.1 Å². The summed E-state index contributed by atoms with van der Waals surface area (Å²) in [5.41, 5.74) is 1.34. The number of hydrogen-bond donors (Lipinski definition) is 1. The van der Waals surface area contributed by atoms with E-state index < -0.39 is 0 Å². The van der Waals surface area contributed by atoms with Crippen molar-refractivity contribution in [3.63, 3.8) is 0 Å². The van der Waals surface area contributed by atoms with Gasteiger partial charge in [-0.25, -0.2) is 4.68 Å². The lowest BCUT2D eigenvalue weighted by Crippen LogP contribution is -2.17. The molecule has 1 saturated carbocycles. The van der Waals surface area contributed by atoms with Crippen LogP contribution in [-0.4, -0.2) is 15.7 Å². The van der Waals surface area contributed by atoms with Gasteiger partial charge in [0.05, 0.1) is 17.3 Å². The monoisotopic (exact) mass is 343 g/mol. The molecule has 0 unspecified atom stereocenters. The maximum absolute atomic E-state index is 12.7. The second kappa shape index (κ2) is 5.98. The van der Waals surface area contributed by atoms with Gasteiger partial charge in [-0.1, -0.05) is 36.6 Å². The molecule has 6 heteroatoms. The molecule has 0 spiro atoms. The molecule has 24 heavy (non-hydrogen) atoms. The molecule has 0 radical (unpaired) electrons. The Balaban J connectivity index is 1.65. The summed E-state index contributed by atoms with van der Waals surface area (Å²) in [4.78, 5) is 12.7. The minimum Gasteiger partial charge on any atom is -0.449 e. The van der Waals surface area contributed by atoms with Gasteiger partial charge in [0.1, 0.15) is 5.82 Å². The van der Waals surface area contributed by atoms with Gasteiger partial charge in [0.15, 0.2) is 11.3 Å². The van der Waals surface area contributed by atoms with E-state index in [0.717, 1.165) is 23.8 Å². The number of nitrogens with one attached hydrogen (secondary N) is 1. The molecule has 0 bridgehead atoms. The molecule has 2 heterocycles. The zero-order valence-corrected chi connectivity index (χ0v) is 14.1. The van der Waals surface area contributed by atoms with E-state index in [2.05, 4.69) is 10.4 Å². The average molecular weight is 344 g/mol. The summed E-state index contributed by atoms with van der Waals surface area (Å²) in [6.07, 6.45) is 6.34. The van der Waals surface area contributed by atoms with Crippen molar-refractivity contribution in [3.05, 3.63) is 46.8 Å². The number of hydrogen-bond acceptors (Lipinski definition) is 3. The smallest absolute Gasteiger partial charge is 0.292 e. The number of carbonyl (C=O) groups is 1. The fraction of sp³-hybridized carbons (Fsp3) is 0.333. The predicted molar refractivity (Wildman–Crippen MR) is 93.6 cm³/mol. The van der Waals surface area contributed by atoms with Gasteiger partial charge in [0.2, 0.25) is 0 Å². The number of para-hydroxylation sites is 1. The van der Waals surface area contributed by atoms with E-state index in [-0.39, 0.29) is 11.7 Å². The molecule has 1 N–H and O–H groups in total.